The van der Waals surface area contributed by atoms with Gasteiger partial charge >= 0.3 is 0 Å². The van der Waals surface area contributed by atoms with Crippen LogP contribution in [0.5, 0.6) is 5.75 Å². The summed E-state index contributed by atoms with van der Waals surface area (Å²) in [5, 5.41) is 12.1. The van der Waals surface area contributed by atoms with Gasteiger partial charge in [-0.15, -0.1) is 10.2 Å². The normalized spacial score (nSPS) is 11.8. The maximum atomic E-state index is 12.7. The summed E-state index contributed by atoms with van der Waals surface area (Å²) in [6.07, 6.45) is 1.01. The molecule has 0 fully saturated rings. The molecule has 146 valence electrons. The molecule has 0 amide bonds. The van der Waals surface area contributed by atoms with Crippen molar-refractivity contribution in [2.75, 3.05) is 11.9 Å². The van der Waals surface area contributed by atoms with Crippen LogP contribution in [0.4, 0.5) is 10.8 Å². The Morgan fingerprint density at radius 3 is 2.46 bits per heavy atom. The van der Waals surface area contributed by atoms with E-state index in [-0.39, 0.29) is 11.0 Å². The summed E-state index contributed by atoms with van der Waals surface area (Å²) in [6.45, 7) is 6.56. The van der Waals surface area contributed by atoms with Gasteiger partial charge in [-0.05, 0) is 62.2 Å². The van der Waals surface area contributed by atoms with Gasteiger partial charge in [0.2, 0.25) is 5.13 Å². The molecule has 0 aliphatic heterocycles. The SMILES string of the molecule is CCOc1ccc(C(=O)[C@H](C)Sc2nnc(Nc3ccc(CC)cc3)s2)cc1. The zero-order chi connectivity index (χ0) is 19.9. The van der Waals surface area contributed by atoms with Crippen molar-refractivity contribution in [3.8, 4) is 5.75 Å². The van der Waals surface area contributed by atoms with Crippen LogP contribution in [0, 0.1) is 0 Å². The lowest BCUT2D eigenvalue weighted by molar-refractivity contribution is 0.0994. The molecule has 0 saturated carbocycles. The molecule has 28 heavy (non-hydrogen) atoms. The molecule has 0 spiro atoms. The van der Waals surface area contributed by atoms with Crippen molar-refractivity contribution >= 4 is 39.7 Å². The first kappa shape index (κ1) is 20.4. The fourth-order valence-electron chi connectivity index (χ4n) is 2.58. The Bertz CT molecular complexity index is 908. The number of carbonyl (C=O) groups is 1. The summed E-state index contributed by atoms with van der Waals surface area (Å²) in [5.74, 6) is 0.832. The third-order valence-electron chi connectivity index (χ3n) is 4.12. The highest BCUT2D eigenvalue weighted by molar-refractivity contribution is 8.02. The molecule has 0 aliphatic carbocycles. The van der Waals surface area contributed by atoms with Crippen LogP contribution < -0.4 is 10.1 Å². The molecule has 2 aromatic carbocycles. The fourth-order valence-corrected chi connectivity index (χ4v) is 4.57. The highest BCUT2D eigenvalue weighted by Crippen LogP contribution is 2.32. The molecule has 3 aromatic rings. The van der Waals surface area contributed by atoms with Gasteiger partial charge in [0.25, 0.3) is 0 Å². The summed E-state index contributed by atoms with van der Waals surface area (Å²) in [7, 11) is 0. The zero-order valence-electron chi connectivity index (χ0n) is 16.1. The lowest BCUT2D eigenvalue weighted by Gasteiger charge is -2.09. The van der Waals surface area contributed by atoms with Crippen LogP contribution in [0.2, 0.25) is 0 Å². The first-order valence-corrected chi connectivity index (χ1v) is 10.9. The third kappa shape index (κ3) is 5.33. The molecule has 1 atom stereocenters. The first-order valence-electron chi connectivity index (χ1n) is 9.22. The van der Waals surface area contributed by atoms with Crippen LogP contribution in [-0.2, 0) is 6.42 Å². The Labute approximate surface area is 173 Å². The van der Waals surface area contributed by atoms with E-state index in [1.54, 1.807) is 12.1 Å². The van der Waals surface area contributed by atoms with Gasteiger partial charge in [0.15, 0.2) is 10.1 Å². The Morgan fingerprint density at radius 1 is 1.11 bits per heavy atom. The monoisotopic (exact) mass is 413 g/mol. The summed E-state index contributed by atoms with van der Waals surface area (Å²) in [5.41, 5.74) is 2.94. The molecule has 1 heterocycles. The average molecular weight is 414 g/mol. The molecule has 5 nitrogen and oxygen atoms in total. The van der Waals surface area contributed by atoms with E-state index in [9.17, 15) is 4.79 Å². The number of nitrogens with one attached hydrogen (secondary N) is 1. The number of nitrogens with zero attached hydrogens (tertiary/aromatic N) is 2. The third-order valence-corrected chi connectivity index (χ3v) is 6.14. The smallest absolute Gasteiger partial charge is 0.210 e. The number of ether oxygens (including phenoxy) is 1. The van der Waals surface area contributed by atoms with Crippen molar-refractivity contribution in [2.45, 2.75) is 36.8 Å². The van der Waals surface area contributed by atoms with E-state index in [2.05, 4.69) is 34.6 Å². The van der Waals surface area contributed by atoms with Gasteiger partial charge in [0, 0.05) is 11.3 Å². The molecule has 7 heteroatoms. The van der Waals surface area contributed by atoms with Crippen molar-refractivity contribution in [1.29, 1.82) is 0 Å². The molecule has 1 aromatic heterocycles. The van der Waals surface area contributed by atoms with E-state index in [1.807, 2.05) is 38.1 Å². The molecule has 0 bridgehead atoms. The molecule has 0 radical (unpaired) electrons. The van der Waals surface area contributed by atoms with Gasteiger partial charge < -0.3 is 10.1 Å². The van der Waals surface area contributed by atoms with Gasteiger partial charge in [-0.2, -0.15) is 0 Å². The second kappa shape index (κ2) is 9.71. The molecule has 0 aliphatic rings. The standard InChI is InChI=1S/C21H23N3O2S2/c1-4-15-6-10-17(11-7-15)22-20-23-24-21(28-20)27-14(3)19(25)16-8-12-18(13-9-16)26-5-2/h6-14H,4-5H2,1-3H3,(H,22,23)/t14-/m0/s1. The molecular formula is C21H23N3O2S2. The Kier molecular flexibility index (Phi) is 7.06. The summed E-state index contributed by atoms with van der Waals surface area (Å²) in [6, 6.07) is 15.5. The number of Topliss-reactive ketones (excluding diaryl/α,β-unsaturated/α-hetero) is 1. The number of thioether (sulfide) groups is 1. The molecular weight excluding hydrogens is 390 g/mol. The van der Waals surface area contributed by atoms with Gasteiger partial charge in [-0.25, -0.2) is 0 Å². The average Bonchev–Trinajstić information content (AvgIpc) is 3.15. The number of carbonyl (C=O) groups excluding carboxylic acids is 1. The Morgan fingerprint density at radius 2 is 1.82 bits per heavy atom. The molecule has 0 saturated heterocycles. The van der Waals surface area contributed by atoms with Crippen LogP contribution in [0.15, 0.2) is 52.9 Å². The molecule has 3 rings (SSSR count). The predicted octanol–water partition coefficient (Wildman–Crippen LogP) is 5.61. The van der Waals surface area contributed by atoms with E-state index >= 15 is 0 Å². The van der Waals surface area contributed by atoms with Crippen LogP contribution in [0.3, 0.4) is 0 Å². The van der Waals surface area contributed by atoms with Crippen molar-refractivity contribution in [3.05, 3.63) is 59.7 Å². The summed E-state index contributed by atoms with van der Waals surface area (Å²) in [4.78, 5) is 12.7. The minimum absolute atomic E-state index is 0.0629. The van der Waals surface area contributed by atoms with Crippen molar-refractivity contribution in [2.24, 2.45) is 0 Å². The van der Waals surface area contributed by atoms with Crippen molar-refractivity contribution in [3.63, 3.8) is 0 Å². The largest absolute Gasteiger partial charge is 0.494 e. The highest BCUT2D eigenvalue weighted by atomic mass is 32.2. The number of aromatic nitrogens is 2. The van der Waals surface area contributed by atoms with Crippen molar-refractivity contribution in [1.82, 2.24) is 10.2 Å². The summed E-state index contributed by atoms with van der Waals surface area (Å²) >= 11 is 2.87. The molecule has 1 N–H and O–H groups in total. The van der Waals surface area contributed by atoms with E-state index in [0.717, 1.165) is 22.2 Å². The van der Waals surface area contributed by atoms with Crippen LogP contribution in [0.25, 0.3) is 0 Å². The highest BCUT2D eigenvalue weighted by Gasteiger charge is 2.19. The van der Waals surface area contributed by atoms with Gasteiger partial charge in [0.05, 0.1) is 11.9 Å². The minimum Gasteiger partial charge on any atom is -0.494 e. The zero-order valence-corrected chi connectivity index (χ0v) is 17.8. The number of anilines is 2. The number of ketones is 1. The van der Waals surface area contributed by atoms with Crippen LogP contribution in [-0.4, -0.2) is 27.8 Å². The predicted molar refractivity (Wildman–Crippen MR) is 116 cm³/mol. The first-order chi connectivity index (χ1) is 13.6. The number of hydrogen-bond acceptors (Lipinski definition) is 7. The van der Waals surface area contributed by atoms with Gasteiger partial charge in [-0.1, -0.05) is 42.2 Å². The topological polar surface area (TPSA) is 64.1 Å². The lowest BCUT2D eigenvalue weighted by atomic mass is 10.1. The van der Waals surface area contributed by atoms with E-state index < -0.39 is 0 Å². The lowest BCUT2D eigenvalue weighted by Crippen LogP contribution is -2.13. The van der Waals surface area contributed by atoms with Gasteiger partial charge in [0.1, 0.15) is 5.75 Å². The quantitative estimate of drug-likeness (QED) is 0.363. The second-order valence-electron chi connectivity index (χ2n) is 6.13. The second-order valence-corrected chi connectivity index (χ2v) is 8.70. The maximum Gasteiger partial charge on any atom is 0.210 e. The van der Waals surface area contributed by atoms with E-state index in [0.29, 0.717) is 17.3 Å². The molecule has 0 unspecified atom stereocenters. The van der Waals surface area contributed by atoms with E-state index in [1.165, 1.54) is 28.7 Å². The number of rotatable bonds is 9. The van der Waals surface area contributed by atoms with Gasteiger partial charge in [-0.3, -0.25) is 4.79 Å². The number of benzene rings is 2. The Hall–Kier alpha value is -2.38. The number of hydrogen-bond donors (Lipinski definition) is 1. The van der Waals surface area contributed by atoms with Crippen molar-refractivity contribution < 1.29 is 9.53 Å². The number of aryl methyl sites for hydroxylation is 1. The maximum absolute atomic E-state index is 12.7. The minimum atomic E-state index is -0.248. The Balaban J connectivity index is 1.59. The van der Waals surface area contributed by atoms with Crippen LogP contribution >= 0.6 is 23.1 Å². The van der Waals surface area contributed by atoms with Crippen LogP contribution in [0.1, 0.15) is 36.7 Å². The van der Waals surface area contributed by atoms with E-state index in [4.69, 9.17) is 4.74 Å². The summed E-state index contributed by atoms with van der Waals surface area (Å²) < 4.78 is 6.18. The fraction of sp³-hybridized carbons (Fsp3) is 0.286.